The van der Waals surface area contributed by atoms with Gasteiger partial charge in [-0.1, -0.05) is 96.5 Å². The second-order valence-corrected chi connectivity index (χ2v) is 6.99. The zero-order valence-corrected chi connectivity index (χ0v) is 15.3. The number of benzene rings is 4. The monoisotopic (exact) mass is 365 g/mol. The third kappa shape index (κ3) is 2.77. The van der Waals surface area contributed by atoms with E-state index in [9.17, 15) is 0 Å². The van der Waals surface area contributed by atoms with Gasteiger partial charge in [-0.15, -0.1) is 0 Å². The Bertz CT molecular complexity index is 1260. The Kier molecular flexibility index (Phi) is 3.88. The van der Waals surface area contributed by atoms with Crippen LogP contribution in [-0.4, -0.2) is 4.98 Å². The van der Waals surface area contributed by atoms with E-state index >= 15 is 0 Å². The SMILES string of the molecule is Clc1cc(-c2ccccc2)nc2c1cc(-c1ccccc1)c1ccccc12. The topological polar surface area (TPSA) is 12.9 Å². The Morgan fingerprint density at radius 3 is 1.85 bits per heavy atom. The lowest BCUT2D eigenvalue weighted by molar-refractivity contribution is 1.41. The van der Waals surface area contributed by atoms with Crippen molar-refractivity contribution in [1.29, 1.82) is 0 Å². The highest BCUT2D eigenvalue weighted by atomic mass is 35.5. The van der Waals surface area contributed by atoms with E-state index in [2.05, 4.69) is 66.7 Å². The van der Waals surface area contributed by atoms with Crippen LogP contribution in [0.4, 0.5) is 0 Å². The van der Waals surface area contributed by atoms with E-state index in [1.54, 1.807) is 0 Å². The lowest BCUT2D eigenvalue weighted by Crippen LogP contribution is -1.90. The summed E-state index contributed by atoms with van der Waals surface area (Å²) in [5, 5.41) is 4.01. The first kappa shape index (κ1) is 16.0. The van der Waals surface area contributed by atoms with E-state index in [1.807, 2.05) is 30.3 Å². The summed E-state index contributed by atoms with van der Waals surface area (Å²) in [6.45, 7) is 0. The molecule has 5 aromatic rings. The zero-order chi connectivity index (χ0) is 18.2. The molecule has 1 aromatic heterocycles. The lowest BCUT2D eigenvalue weighted by atomic mass is 9.95. The molecule has 128 valence electrons. The van der Waals surface area contributed by atoms with Crippen LogP contribution < -0.4 is 0 Å². The van der Waals surface area contributed by atoms with Crippen LogP contribution in [0.1, 0.15) is 0 Å². The van der Waals surface area contributed by atoms with Crippen molar-refractivity contribution < 1.29 is 0 Å². The van der Waals surface area contributed by atoms with Gasteiger partial charge in [0.2, 0.25) is 0 Å². The summed E-state index contributed by atoms with van der Waals surface area (Å²) in [5.41, 5.74) is 5.26. The Morgan fingerprint density at radius 2 is 1.15 bits per heavy atom. The average Bonchev–Trinajstić information content (AvgIpc) is 2.74. The van der Waals surface area contributed by atoms with Crippen molar-refractivity contribution >= 4 is 33.3 Å². The Hall–Kier alpha value is -3.16. The fourth-order valence-electron chi connectivity index (χ4n) is 3.63. The number of fused-ring (bicyclic) bond motifs is 3. The maximum absolute atomic E-state index is 6.73. The molecule has 0 fully saturated rings. The first-order valence-electron chi connectivity index (χ1n) is 8.94. The average molecular weight is 366 g/mol. The summed E-state index contributed by atoms with van der Waals surface area (Å²) in [6.07, 6.45) is 0. The Labute approximate surface area is 162 Å². The molecule has 1 heterocycles. The molecule has 2 heteroatoms. The molecule has 27 heavy (non-hydrogen) atoms. The van der Waals surface area contributed by atoms with Crippen LogP contribution in [-0.2, 0) is 0 Å². The summed E-state index contributed by atoms with van der Waals surface area (Å²) in [4.78, 5) is 4.98. The molecule has 0 bridgehead atoms. The molecule has 0 saturated heterocycles. The predicted molar refractivity (Wildman–Crippen MR) is 115 cm³/mol. The summed E-state index contributed by atoms with van der Waals surface area (Å²) in [5.74, 6) is 0. The van der Waals surface area contributed by atoms with Gasteiger partial charge in [0.15, 0.2) is 0 Å². The van der Waals surface area contributed by atoms with Gasteiger partial charge in [0, 0.05) is 16.3 Å². The van der Waals surface area contributed by atoms with Gasteiger partial charge >= 0.3 is 0 Å². The van der Waals surface area contributed by atoms with Gasteiger partial charge in [-0.2, -0.15) is 0 Å². The van der Waals surface area contributed by atoms with Crippen LogP contribution in [0.2, 0.25) is 5.02 Å². The second kappa shape index (κ2) is 6.53. The van der Waals surface area contributed by atoms with Crippen molar-refractivity contribution in [3.8, 4) is 22.4 Å². The van der Waals surface area contributed by atoms with Crippen LogP contribution in [0.15, 0.2) is 97.1 Å². The number of hydrogen-bond acceptors (Lipinski definition) is 1. The maximum Gasteiger partial charge on any atom is 0.0803 e. The van der Waals surface area contributed by atoms with E-state index in [-0.39, 0.29) is 0 Å². The van der Waals surface area contributed by atoms with Gasteiger partial charge in [-0.05, 0) is 28.6 Å². The molecule has 0 aliphatic carbocycles. The van der Waals surface area contributed by atoms with E-state index in [0.717, 1.165) is 32.6 Å². The zero-order valence-electron chi connectivity index (χ0n) is 14.6. The van der Waals surface area contributed by atoms with Crippen molar-refractivity contribution in [3.63, 3.8) is 0 Å². The molecule has 0 aliphatic heterocycles. The molecule has 0 spiro atoms. The van der Waals surface area contributed by atoms with Gasteiger partial charge in [0.1, 0.15) is 0 Å². The highest BCUT2D eigenvalue weighted by molar-refractivity contribution is 6.37. The first-order chi connectivity index (χ1) is 13.3. The van der Waals surface area contributed by atoms with Gasteiger partial charge in [-0.25, -0.2) is 4.98 Å². The number of hydrogen-bond donors (Lipinski definition) is 0. The van der Waals surface area contributed by atoms with E-state index in [4.69, 9.17) is 16.6 Å². The summed E-state index contributed by atoms with van der Waals surface area (Å²) in [7, 11) is 0. The van der Waals surface area contributed by atoms with Crippen LogP contribution in [0.3, 0.4) is 0 Å². The fourth-order valence-corrected chi connectivity index (χ4v) is 3.87. The molecule has 4 aromatic carbocycles. The minimum atomic E-state index is 0.724. The minimum absolute atomic E-state index is 0.724. The third-order valence-corrected chi connectivity index (χ3v) is 5.24. The standard InChI is InChI=1S/C25H16ClN/c26-23-16-24(18-11-5-2-6-12-18)27-25-20-14-8-7-13-19(20)21(15-22(23)25)17-9-3-1-4-10-17/h1-16H. The highest BCUT2D eigenvalue weighted by Gasteiger charge is 2.13. The van der Waals surface area contributed by atoms with Crippen LogP contribution >= 0.6 is 11.6 Å². The van der Waals surface area contributed by atoms with Gasteiger partial charge in [-0.3, -0.25) is 0 Å². The molecule has 5 rings (SSSR count). The molecule has 0 amide bonds. The molecular weight excluding hydrogens is 350 g/mol. The second-order valence-electron chi connectivity index (χ2n) is 6.59. The number of nitrogens with zero attached hydrogens (tertiary/aromatic N) is 1. The number of pyridine rings is 1. The summed E-state index contributed by atoms with van der Waals surface area (Å²) in [6, 6.07) is 33.1. The first-order valence-corrected chi connectivity index (χ1v) is 9.32. The van der Waals surface area contributed by atoms with Crippen LogP contribution in [0.5, 0.6) is 0 Å². The molecule has 0 unspecified atom stereocenters. The van der Waals surface area contributed by atoms with Crippen LogP contribution in [0.25, 0.3) is 44.1 Å². The van der Waals surface area contributed by atoms with Crippen LogP contribution in [0, 0.1) is 0 Å². The van der Waals surface area contributed by atoms with Crippen molar-refractivity contribution in [2.75, 3.05) is 0 Å². The van der Waals surface area contributed by atoms with Crippen molar-refractivity contribution in [3.05, 3.63) is 102 Å². The molecule has 0 N–H and O–H groups in total. The lowest BCUT2D eigenvalue weighted by Gasteiger charge is -2.13. The molecule has 0 radical (unpaired) electrons. The van der Waals surface area contributed by atoms with Crippen molar-refractivity contribution in [1.82, 2.24) is 4.98 Å². The smallest absolute Gasteiger partial charge is 0.0803 e. The molecule has 0 saturated carbocycles. The number of halogens is 1. The van der Waals surface area contributed by atoms with Crippen molar-refractivity contribution in [2.24, 2.45) is 0 Å². The summed E-state index contributed by atoms with van der Waals surface area (Å²) >= 11 is 6.73. The third-order valence-electron chi connectivity index (χ3n) is 4.92. The predicted octanol–water partition coefficient (Wildman–Crippen LogP) is 7.38. The molecule has 0 atom stereocenters. The van der Waals surface area contributed by atoms with E-state index < -0.39 is 0 Å². The van der Waals surface area contributed by atoms with E-state index in [0.29, 0.717) is 0 Å². The number of rotatable bonds is 2. The Morgan fingerprint density at radius 1 is 0.556 bits per heavy atom. The minimum Gasteiger partial charge on any atom is -0.247 e. The van der Waals surface area contributed by atoms with Gasteiger partial charge in [0.25, 0.3) is 0 Å². The largest absolute Gasteiger partial charge is 0.247 e. The molecule has 1 nitrogen and oxygen atoms in total. The molecule has 0 aliphatic rings. The summed E-state index contributed by atoms with van der Waals surface area (Å²) < 4.78 is 0. The normalized spacial score (nSPS) is 11.1. The highest BCUT2D eigenvalue weighted by Crippen LogP contribution is 2.38. The maximum atomic E-state index is 6.73. The van der Waals surface area contributed by atoms with E-state index in [1.165, 1.54) is 16.5 Å². The molecular formula is C25H16ClN. The van der Waals surface area contributed by atoms with Gasteiger partial charge < -0.3 is 0 Å². The quantitative estimate of drug-likeness (QED) is 0.297. The van der Waals surface area contributed by atoms with Crippen molar-refractivity contribution in [2.45, 2.75) is 0 Å². The van der Waals surface area contributed by atoms with Gasteiger partial charge in [0.05, 0.1) is 16.2 Å². The Balaban J connectivity index is 1.88. The fraction of sp³-hybridized carbons (Fsp3) is 0. The number of aromatic nitrogens is 1.